The van der Waals surface area contributed by atoms with Crippen LogP contribution in [0.15, 0.2) is 0 Å². The highest BCUT2D eigenvalue weighted by molar-refractivity contribution is 4.98. The van der Waals surface area contributed by atoms with Crippen molar-refractivity contribution in [3.8, 4) is 0 Å². The highest BCUT2D eigenvalue weighted by Crippen LogP contribution is 2.55. The van der Waals surface area contributed by atoms with E-state index < -0.39 is 0 Å². The minimum absolute atomic E-state index is 0.0556. The predicted molar refractivity (Wildman–Crippen MR) is 56.4 cm³/mol. The lowest BCUT2D eigenvalue weighted by Crippen LogP contribution is -2.40. The summed E-state index contributed by atoms with van der Waals surface area (Å²) in [4.78, 5) is 0. The van der Waals surface area contributed by atoms with Crippen LogP contribution < -0.4 is 5.73 Å². The maximum atomic E-state index is 6.17. The first kappa shape index (κ1) is 9.51. The summed E-state index contributed by atoms with van der Waals surface area (Å²) in [5.74, 6) is 3.93. The van der Waals surface area contributed by atoms with Gasteiger partial charge in [-0.05, 0) is 63.2 Å². The summed E-state index contributed by atoms with van der Waals surface area (Å²) in [6.45, 7) is 6.80. The summed E-state index contributed by atoms with van der Waals surface area (Å²) in [5, 5.41) is 0. The number of rotatable bonds is 1. The van der Waals surface area contributed by atoms with Crippen molar-refractivity contribution in [1.82, 2.24) is 0 Å². The topological polar surface area (TPSA) is 26.0 Å². The Labute approximate surface area is 82.1 Å². The first-order chi connectivity index (χ1) is 6.00. The van der Waals surface area contributed by atoms with E-state index in [1.54, 1.807) is 0 Å². The van der Waals surface area contributed by atoms with E-state index in [1.807, 2.05) is 0 Å². The van der Waals surface area contributed by atoms with Crippen molar-refractivity contribution >= 4 is 0 Å². The Morgan fingerprint density at radius 1 is 1.00 bits per heavy atom. The molecule has 0 amide bonds. The fraction of sp³-hybridized carbons (Fsp3) is 1.00. The molecule has 0 saturated heterocycles. The monoisotopic (exact) mass is 181 g/mol. The predicted octanol–water partition coefficient (Wildman–Crippen LogP) is 2.80. The van der Waals surface area contributed by atoms with Crippen LogP contribution in [-0.4, -0.2) is 5.54 Å². The number of hydrogen-bond acceptors (Lipinski definition) is 1. The number of fused-ring (bicyclic) bond motifs is 1. The first-order valence-electron chi connectivity index (χ1n) is 5.79. The van der Waals surface area contributed by atoms with Crippen molar-refractivity contribution in [3.63, 3.8) is 0 Å². The van der Waals surface area contributed by atoms with E-state index in [2.05, 4.69) is 20.8 Å². The fourth-order valence-electron chi connectivity index (χ4n) is 3.27. The Morgan fingerprint density at radius 2 is 1.46 bits per heavy atom. The molecule has 13 heavy (non-hydrogen) atoms. The van der Waals surface area contributed by atoms with E-state index in [9.17, 15) is 0 Å². The summed E-state index contributed by atoms with van der Waals surface area (Å²) in [5.41, 5.74) is 6.23. The molecule has 2 aliphatic carbocycles. The Bertz CT molecular complexity index is 178. The van der Waals surface area contributed by atoms with Gasteiger partial charge in [0.1, 0.15) is 0 Å². The van der Waals surface area contributed by atoms with Crippen LogP contribution in [0.1, 0.15) is 46.5 Å². The van der Waals surface area contributed by atoms with Crippen LogP contribution in [0.5, 0.6) is 0 Å². The molecule has 0 bridgehead atoms. The van der Waals surface area contributed by atoms with Crippen molar-refractivity contribution < 1.29 is 0 Å². The number of hydrogen-bond donors (Lipinski definition) is 1. The van der Waals surface area contributed by atoms with Crippen LogP contribution in [0, 0.1) is 23.7 Å². The lowest BCUT2D eigenvalue weighted by molar-refractivity contribution is 0.275. The van der Waals surface area contributed by atoms with Gasteiger partial charge in [0, 0.05) is 5.54 Å². The van der Waals surface area contributed by atoms with Gasteiger partial charge in [-0.3, -0.25) is 0 Å². The largest absolute Gasteiger partial charge is 0.325 e. The molecule has 76 valence electrons. The Kier molecular flexibility index (Phi) is 2.18. The molecule has 2 rings (SSSR count). The molecule has 0 aromatic carbocycles. The van der Waals surface area contributed by atoms with Gasteiger partial charge in [0.25, 0.3) is 0 Å². The van der Waals surface area contributed by atoms with Crippen LogP contribution in [0.2, 0.25) is 0 Å². The SMILES string of the molecule is CC1C2CCC(C(C)(C)N)CCC12. The maximum absolute atomic E-state index is 6.17. The summed E-state index contributed by atoms with van der Waals surface area (Å²) in [7, 11) is 0. The highest BCUT2D eigenvalue weighted by Gasteiger charge is 2.48. The fourth-order valence-corrected chi connectivity index (χ4v) is 3.27. The van der Waals surface area contributed by atoms with Crippen LogP contribution in [0.4, 0.5) is 0 Å². The Morgan fingerprint density at radius 3 is 1.85 bits per heavy atom. The van der Waals surface area contributed by atoms with Crippen molar-refractivity contribution in [2.75, 3.05) is 0 Å². The second kappa shape index (κ2) is 2.98. The highest BCUT2D eigenvalue weighted by atomic mass is 14.7. The lowest BCUT2D eigenvalue weighted by Gasteiger charge is -2.30. The van der Waals surface area contributed by atoms with Gasteiger partial charge in [-0.15, -0.1) is 0 Å². The molecule has 1 heteroatoms. The summed E-state index contributed by atoms with van der Waals surface area (Å²) >= 11 is 0. The third kappa shape index (κ3) is 1.76. The van der Waals surface area contributed by atoms with E-state index in [0.29, 0.717) is 0 Å². The quantitative estimate of drug-likeness (QED) is 0.661. The summed E-state index contributed by atoms with van der Waals surface area (Å²) < 4.78 is 0. The molecule has 0 heterocycles. The lowest BCUT2D eigenvalue weighted by atomic mass is 9.82. The van der Waals surface area contributed by atoms with E-state index in [4.69, 9.17) is 5.73 Å². The molecule has 2 atom stereocenters. The molecular formula is C12H23N. The van der Waals surface area contributed by atoms with Gasteiger partial charge in [-0.2, -0.15) is 0 Å². The molecule has 0 aromatic heterocycles. The van der Waals surface area contributed by atoms with Gasteiger partial charge in [0.05, 0.1) is 0 Å². The molecule has 2 N–H and O–H groups in total. The second-order valence-corrected chi connectivity index (χ2v) is 5.86. The summed E-state index contributed by atoms with van der Waals surface area (Å²) in [6.07, 6.45) is 5.62. The zero-order valence-electron chi connectivity index (χ0n) is 9.22. The minimum atomic E-state index is 0.0556. The average Bonchev–Trinajstić information content (AvgIpc) is 2.65. The Hall–Kier alpha value is -0.0400. The molecule has 0 spiro atoms. The first-order valence-corrected chi connectivity index (χ1v) is 5.79. The summed E-state index contributed by atoms with van der Waals surface area (Å²) in [6, 6.07) is 0. The van der Waals surface area contributed by atoms with Crippen LogP contribution in [0.25, 0.3) is 0 Å². The van der Waals surface area contributed by atoms with Gasteiger partial charge < -0.3 is 5.73 Å². The van der Waals surface area contributed by atoms with E-state index in [-0.39, 0.29) is 5.54 Å². The van der Waals surface area contributed by atoms with Crippen molar-refractivity contribution in [1.29, 1.82) is 0 Å². The maximum Gasteiger partial charge on any atom is 0.0125 e. The van der Waals surface area contributed by atoms with Gasteiger partial charge >= 0.3 is 0 Å². The minimum Gasteiger partial charge on any atom is -0.325 e. The van der Waals surface area contributed by atoms with Crippen molar-refractivity contribution in [2.24, 2.45) is 29.4 Å². The molecule has 2 unspecified atom stereocenters. The molecule has 0 aromatic rings. The van der Waals surface area contributed by atoms with Crippen LogP contribution >= 0.6 is 0 Å². The normalized spacial score (nSPS) is 45.2. The Balaban J connectivity index is 1.92. The standard InChI is InChI=1S/C12H23N/c1-8-10-6-4-9(12(2,3)13)5-7-11(8)10/h8-11H,4-7,13H2,1-3H3. The number of nitrogens with two attached hydrogens (primary N) is 1. The van der Waals surface area contributed by atoms with E-state index in [0.717, 1.165) is 23.7 Å². The zero-order valence-corrected chi connectivity index (χ0v) is 9.22. The van der Waals surface area contributed by atoms with Gasteiger partial charge in [0.2, 0.25) is 0 Å². The van der Waals surface area contributed by atoms with Gasteiger partial charge in [-0.25, -0.2) is 0 Å². The van der Waals surface area contributed by atoms with E-state index >= 15 is 0 Å². The third-order valence-corrected chi connectivity index (χ3v) is 4.51. The van der Waals surface area contributed by atoms with Gasteiger partial charge in [0.15, 0.2) is 0 Å². The smallest absolute Gasteiger partial charge is 0.0125 e. The molecule has 0 aliphatic heterocycles. The molecule has 2 fully saturated rings. The van der Waals surface area contributed by atoms with Crippen molar-refractivity contribution in [2.45, 2.75) is 52.0 Å². The second-order valence-electron chi connectivity index (χ2n) is 5.86. The van der Waals surface area contributed by atoms with Gasteiger partial charge in [-0.1, -0.05) is 6.92 Å². The van der Waals surface area contributed by atoms with Crippen LogP contribution in [-0.2, 0) is 0 Å². The molecule has 0 radical (unpaired) electrons. The third-order valence-electron chi connectivity index (χ3n) is 4.51. The van der Waals surface area contributed by atoms with E-state index in [1.165, 1.54) is 25.7 Å². The zero-order chi connectivity index (χ0) is 9.64. The average molecular weight is 181 g/mol. The van der Waals surface area contributed by atoms with Crippen molar-refractivity contribution in [3.05, 3.63) is 0 Å². The van der Waals surface area contributed by atoms with Crippen LogP contribution in [0.3, 0.4) is 0 Å². The molecule has 2 saturated carbocycles. The molecule has 1 nitrogen and oxygen atoms in total. The molecule has 2 aliphatic rings. The molecular weight excluding hydrogens is 158 g/mol.